The van der Waals surface area contributed by atoms with Crippen LogP contribution in [-0.2, 0) is 13.5 Å². The van der Waals surface area contributed by atoms with Crippen LogP contribution in [0.4, 0.5) is 0 Å². The zero-order chi connectivity index (χ0) is 14.0. The summed E-state index contributed by atoms with van der Waals surface area (Å²) >= 11 is 0. The van der Waals surface area contributed by atoms with E-state index in [0.29, 0.717) is 12.3 Å². The zero-order valence-electron chi connectivity index (χ0n) is 11.9. The molecule has 2 aromatic rings. The van der Waals surface area contributed by atoms with Gasteiger partial charge >= 0.3 is 0 Å². The molecule has 4 nitrogen and oxygen atoms in total. The van der Waals surface area contributed by atoms with Crippen LogP contribution in [0.1, 0.15) is 42.9 Å². The second kappa shape index (κ2) is 5.37. The van der Waals surface area contributed by atoms with Crippen molar-refractivity contribution in [2.45, 2.75) is 43.6 Å². The normalized spacial score (nSPS) is 26.6. The number of hydrogen-bond acceptors (Lipinski definition) is 3. The Bertz CT molecular complexity index is 556. The van der Waals surface area contributed by atoms with E-state index in [1.165, 1.54) is 5.56 Å². The SMILES string of the molecule is Cn1cc(CC2(O)CCC(c3ccccc3)CC2)nn1. The Morgan fingerprint density at radius 1 is 1.25 bits per heavy atom. The maximum atomic E-state index is 10.7. The van der Waals surface area contributed by atoms with Crippen LogP contribution in [0.5, 0.6) is 0 Å². The van der Waals surface area contributed by atoms with Crippen molar-refractivity contribution < 1.29 is 5.11 Å². The second-order valence-corrected chi connectivity index (χ2v) is 5.97. The molecule has 0 spiro atoms. The summed E-state index contributed by atoms with van der Waals surface area (Å²) in [6, 6.07) is 10.6. The first-order chi connectivity index (χ1) is 9.65. The van der Waals surface area contributed by atoms with Crippen molar-refractivity contribution in [3.05, 3.63) is 47.8 Å². The van der Waals surface area contributed by atoms with Gasteiger partial charge in [-0.1, -0.05) is 35.5 Å². The molecule has 1 aromatic heterocycles. The van der Waals surface area contributed by atoms with Gasteiger partial charge in [-0.05, 0) is 37.2 Å². The number of rotatable bonds is 3. The predicted molar refractivity (Wildman–Crippen MR) is 77.3 cm³/mol. The molecule has 0 saturated heterocycles. The van der Waals surface area contributed by atoms with Gasteiger partial charge in [0.25, 0.3) is 0 Å². The van der Waals surface area contributed by atoms with Gasteiger partial charge in [0.05, 0.1) is 11.3 Å². The van der Waals surface area contributed by atoms with Crippen molar-refractivity contribution in [3.8, 4) is 0 Å². The third-order valence-electron chi connectivity index (χ3n) is 4.35. The standard InChI is InChI=1S/C16H21N3O/c1-19-12-15(17-18-19)11-16(20)9-7-14(8-10-16)13-5-3-2-4-6-13/h2-6,12,14,20H,7-11H2,1H3. The van der Waals surface area contributed by atoms with Crippen LogP contribution in [-0.4, -0.2) is 25.7 Å². The first-order valence-corrected chi connectivity index (χ1v) is 7.27. The van der Waals surface area contributed by atoms with Gasteiger partial charge in [-0.3, -0.25) is 4.68 Å². The van der Waals surface area contributed by atoms with Crippen LogP contribution < -0.4 is 0 Å². The van der Waals surface area contributed by atoms with E-state index in [0.717, 1.165) is 31.4 Å². The minimum Gasteiger partial charge on any atom is -0.389 e. The Labute approximate surface area is 119 Å². The van der Waals surface area contributed by atoms with Crippen molar-refractivity contribution in [2.75, 3.05) is 0 Å². The van der Waals surface area contributed by atoms with Crippen LogP contribution in [0.2, 0.25) is 0 Å². The summed E-state index contributed by atoms with van der Waals surface area (Å²) in [5, 5.41) is 18.7. The van der Waals surface area contributed by atoms with Crippen molar-refractivity contribution >= 4 is 0 Å². The highest BCUT2D eigenvalue weighted by molar-refractivity contribution is 5.20. The fraction of sp³-hybridized carbons (Fsp3) is 0.500. The Hall–Kier alpha value is -1.68. The molecule has 1 N–H and O–H groups in total. The molecule has 1 aliphatic rings. The van der Waals surface area contributed by atoms with Gasteiger partial charge in [0.1, 0.15) is 0 Å². The zero-order valence-corrected chi connectivity index (χ0v) is 11.9. The Morgan fingerprint density at radius 2 is 1.95 bits per heavy atom. The first kappa shape index (κ1) is 13.3. The smallest absolute Gasteiger partial charge is 0.0855 e. The topological polar surface area (TPSA) is 50.9 Å². The van der Waals surface area contributed by atoms with E-state index >= 15 is 0 Å². The average molecular weight is 271 g/mol. The Balaban J connectivity index is 1.62. The van der Waals surface area contributed by atoms with Gasteiger partial charge in [0.2, 0.25) is 0 Å². The van der Waals surface area contributed by atoms with Crippen LogP contribution in [0.15, 0.2) is 36.5 Å². The number of hydrogen-bond donors (Lipinski definition) is 1. The lowest BCUT2D eigenvalue weighted by atomic mass is 9.74. The summed E-state index contributed by atoms with van der Waals surface area (Å²) in [5.41, 5.74) is 1.67. The third-order valence-corrected chi connectivity index (χ3v) is 4.35. The molecule has 20 heavy (non-hydrogen) atoms. The summed E-state index contributed by atoms with van der Waals surface area (Å²) in [5.74, 6) is 0.582. The molecule has 0 amide bonds. The highest BCUT2D eigenvalue weighted by Gasteiger charge is 2.34. The van der Waals surface area contributed by atoms with Gasteiger partial charge in [-0.25, -0.2) is 0 Å². The van der Waals surface area contributed by atoms with Crippen molar-refractivity contribution in [3.63, 3.8) is 0 Å². The quantitative estimate of drug-likeness (QED) is 0.933. The molecule has 106 valence electrons. The van der Waals surface area contributed by atoms with E-state index < -0.39 is 5.60 Å². The molecule has 1 aliphatic carbocycles. The molecule has 0 unspecified atom stereocenters. The van der Waals surface area contributed by atoms with Crippen LogP contribution >= 0.6 is 0 Å². The molecule has 1 fully saturated rings. The van der Waals surface area contributed by atoms with E-state index in [4.69, 9.17) is 0 Å². The summed E-state index contributed by atoms with van der Waals surface area (Å²) in [6.07, 6.45) is 6.26. The number of aryl methyl sites for hydroxylation is 1. The molecule has 3 rings (SSSR count). The summed E-state index contributed by atoms with van der Waals surface area (Å²) in [7, 11) is 1.85. The molecule has 0 atom stereocenters. The summed E-state index contributed by atoms with van der Waals surface area (Å²) < 4.78 is 1.69. The highest BCUT2D eigenvalue weighted by atomic mass is 16.3. The van der Waals surface area contributed by atoms with Crippen molar-refractivity contribution in [1.29, 1.82) is 0 Å². The summed E-state index contributed by atoms with van der Waals surface area (Å²) in [6.45, 7) is 0. The van der Waals surface area contributed by atoms with Crippen molar-refractivity contribution in [2.24, 2.45) is 7.05 Å². The lowest BCUT2D eigenvalue weighted by Crippen LogP contribution is -2.35. The monoisotopic (exact) mass is 271 g/mol. The van der Waals surface area contributed by atoms with E-state index in [1.54, 1.807) is 4.68 Å². The molecule has 1 aromatic carbocycles. The molecule has 4 heteroatoms. The largest absolute Gasteiger partial charge is 0.389 e. The molecule has 1 saturated carbocycles. The number of benzene rings is 1. The van der Waals surface area contributed by atoms with E-state index in [1.807, 2.05) is 13.2 Å². The molecular formula is C16H21N3O. The van der Waals surface area contributed by atoms with Crippen LogP contribution in [0.25, 0.3) is 0 Å². The van der Waals surface area contributed by atoms with Gasteiger partial charge < -0.3 is 5.11 Å². The lowest BCUT2D eigenvalue weighted by Gasteiger charge is -2.35. The average Bonchev–Trinajstić information content (AvgIpc) is 2.85. The third kappa shape index (κ3) is 2.90. The van der Waals surface area contributed by atoms with Gasteiger partial charge in [-0.15, -0.1) is 5.10 Å². The lowest BCUT2D eigenvalue weighted by molar-refractivity contribution is -0.00128. The maximum Gasteiger partial charge on any atom is 0.0855 e. The predicted octanol–water partition coefficient (Wildman–Crippen LogP) is 2.45. The Kier molecular flexibility index (Phi) is 3.57. The highest BCUT2D eigenvalue weighted by Crippen LogP contribution is 2.39. The summed E-state index contributed by atoms with van der Waals surface area (Å²) in [4.78, 5) is 0. The Morgan fingerprint density at radius 3 is 2.55 bits per heavy atom. The second-order valence-electron chi connectivity index (χ2n) is 5.97. The van der Waals surface area contributed by atoms with E-state index in [2.05, 4.69) is 40.6 Å². The number of aliphatic hydroxyl groups is 1. The van der Waals surface area contributed by atoms with Crippen LogP contribution in [0.3, 0.4) is 0 Å². The fourth-order valence-corrected chi connectivity index (χ4v) is 3.20. The maximum absolute atomic E-state index is 10.7. The minimum absolute atomic E-state index is 0.582. The molecule has 0 bridgehead atoms. The molecule has 0 aliphatic heterocycles. The van der Waals surface area contributed by atoms with E-state index in [9.17, 15) is 5.11 Å². The fourth-order valence-electron chi connectivity index (χ4n) is 3.20. The minimum atomic E-state index is -0.610. The van der Waals surface area contributed by atoms with Crippen LogP contribution in [0, 0.1) is 0 Å². The number of aromatic nitrogens is 3. The molecular weight excluding hydrogens is 250 g/mol. The van der Waals surface area contributed by atoms with Crippen molar-refractivity contribution in [1.82, 2.24) is 15.0 Å². The van der Waals surface area contributed by atoms with Gasteiger partial charge in [-0.2, -0.15) is 0 Å². The van der Waals surface area contributed by atoms with Gasteiger partial charge in [0, 0.05) is 19.7 Å². The molecule has 0 radical (unpaired) electrons. The first-order valence-electron chi connectivity index (χ1n) is 7.27. The molecule has 1 heterocycles. The van der Waals surface area contributed by atoms with E-state index in [-0.39, 0.29) is 0 Å². The van der Waals surface area contributed by atoms with Gasteiger partial charge in [0.15, 0.2) is 0 Å². The number of nitrogens with zero attached hydrogens (tertiary/aromatic N) is 3.